The summed E-state index contributed by atoms with van der Waals surface area (Å²) in [6.07, 6.45) is 5.82. The monoisotopic (exact) mass is 494 g/mol. The third-order valence-corrected chi connectivity index (χ3v) is 6.54. The van der Waals surface area contributed by atoms with E-state index >= 15 is 0 Å². The van der Waals surface area contributed by atoms with Crippen molar-refractivity contribution in [3.05, 3.63) is 28.6 Å². The van der Waals surface area contributed by atoms with Crippen molar-refractivity contribution < 1.29 is 14.3 Å². The quantitative estimate of drug-likeness (QED) is 0.512. The summed E-state index contributed by atoms with van der Waals surface area (Å²) in [5, 5.41) is 10.1. The fraction of sp³-hybridized carbons (Fsp3) is 0.545. The summed E-state index contributed by atoms with van der Waals surface area (Å²) in [6, 6.07) is 1.85. The minimum absolute atomic E-state index is 0.106. The molecule has 3 N–H and O–H groups in total. The number of amides is 1. The summed E-state index contributed by atoms with van der Waals surface area (Å²) in [5.41, 5.74) is 0.982. The first-order valence-electron chi connectivity index (χ1n) is 11.1. The predicted octanol–water partition coefficient (Wildman–Crippen LogP) is 3.25. The molecule has 0 saturated carbocycles. The van der Waals surface area contributed by atoms with E-state index in [1.165, 1.54) is 6.20 Å². The molecule has 2 aromatic heterocycles. The summed E-state index contributed by atoms with van der Waals surface area (Å²) in [7, 11) is 1.65. The second-order valence-electron chi connectivity index (χ2n) is 8.36. The Bertz CT molecular complexity index is 973. The van der Waals surface area contributed by atoms with Gasteiger partial charge < -0.3 is 25.4 Å². The van der Waals surface area contributed by atoms with Crippen LogP contribution in [0.4, 0.5) is 11.6 Å². The molecule has 1 amide bonds. The lowest BCUT2D eigenvalue weighted by atomic mass is 10.0. The Hall–Kier alpha value is -2.04. The Kier molecular flexibility index (Phi) is 8.32. The number of carbonyl (C=O) groups excluding carboxylic acids is 1. The predicted molar refractivity (Wildman–Crippen MR) is 128 cm³/mol. The lowest BCUT2D eigenvalue weighted by Crippen LogP contribution is -2.26. The topological polar surface area (TPSA) is 110 Å². The molecule has 0 radical (unpaired) electrons. The zero-order chi connectivity index (χ0) is 23.2. The van der Waals surface area contributed by atoms with Crippen molar-refractivity contribution in [2.24, 2.45) is 11.8 Å². The molecule has 2 aromatic rings. The maximum absolute atomic E-state index is 12.7. The van der Waals surface area contributed by atoms with Gasteiger partial charge in [0.05, 0.1) is 23.7 Å². The second-order valence-corrected chi connectivity index (χ2v) is 9.13. The van der Waals surface area contributed by atoms with Crippen molar-refractivity contribution in [2.75, 3.05) is 50.7 Å². The van der Waals surface area contributed by atoms with Gasteiger partial charge in [0, 0.05) is 51.2 Å². The van der Waals surface area contributed by atoms with E-state index in [2.05, 4.69) is 30.9 Å². The van der Waals surface area contributed by atoms with E-state index < -0.39 is 0 Å². The van der Waals surface area contributed by atoms with Crippen LogP contribution in [0.1, 0.15) is 19.3 Å². The van der Waals surface area contributed by atoms with Gasteiger partial charge in [0.15, 0.2) is 5.15 Å². The lowest BCUT2D eigenvalue weighted by molar-refractivity contribution is -0.119. The van der Waals surface area contributed by atoms with Crippen molar-refractivity contribution in [3.8, 4) is 11.3 Å². The van der Waals surface area contributed by atoms with Gasteiger partial charge in [-0.2, -0.15) is 0 Å². The van der Waals surface area contributed by atoms with E-state index in [0.29, 0.717) is 53.4 Å². The van der Waals surface area contributed by atoms with Crippen LogP contribution >= 0.6 is 23.2 Å². The summed E-state index contributed by atoms with van der Waals surface area (Å²) in [4.78, 5) is 25.9. The van der Waals surface area contributed by atoms with Gasteiger partial charge >= 0.3 is 0 Å². The highest BCUT2D eigenvalue weighted by Gasteiger charge is 2.29. The van der Waals surface area contributed by atoms with Crippen LogP contribution < -0.4 is 16.0 Å². The van der Waals surface area contributed by atoms with Gasteiger partial charge in [-0.1, -0.05) is 23.2 Å². The van der Waals surface area contributed by atoms with Crippen LogP contribution in [0.2, 0.25) is 10.2 Å². The van der Waals surface area contributed by atoms with E-state index in [9.17, 15) is 4.79 Å². The molecular weight excluding hydrogens is 467 g/mol. The second kappa shape index (κ2) is 11.4. The van der Waals surface area contributed by atoms with Crippen LogP contribution in [-0.2, 0) is 14.3 Å². The van der Waals surface area contributed by atoms with E-state index in [1.807, 2.05) is 0 Å². The van der Waals surface area contributed by atoms with Crippen LogP contribution in [0, 0.1) is 11.8 Å². The van der Waals surface area contributed by atoms with Gasteiger partial charge in [-0.3, -0.25) is 4.79 Å². The van der Waals surface area contributed by atoms with Crippen LogP contribution in [-0.4, -0.2) is 66.9 Å². The first-order chi connectivity index (χ1) is 16.0. The van der Waals surface area contributed by atoms with Crippen LogP contribution in [0.5, 0.6) is 0 Å². The van der Waals surface area contributed by atoms with Crippen LogP contribution in [0.25, 0.3) is 11.3 Å². The molecule has 2 aliphatic rings. The number of nitrogens with one attached hydrogen (secondary N) is 3. The number of nitrogens with zero attached hydrogens (tertiary/aromatic N) is 3. The van der Waals surface area contributed by atoms with Crippen LogP contribution in [0.3, 0.4) is 0 Å². The van der Waals surface area contributed by atoms with Crippen molar-refractivity contribution in [1.82, 2.24) is 20.3 Å². The van der Waals surface area contributed by atoms with Crippen molar-refractivity contribution in [2.45, 2.75) is 25.3 Å². The van der Waals surface area contributed by atoms with E-state index in [0.717, 1.165) is 32.6 Å². The van der Waals surface area contributed by atoms with Crippen molar-refractivity contribution in [1.29, 1.82) is 0 Å². The maximum Gasteiger partial charge on any atom is 0.229 e. The van der Waals surface area contributed by atoms with Gasteiger partial charge in [-0.05, 0) is 31.2 Å². The first kappa shape index (κ1) is 24.1. The highest BCUT2D eigenvalue weighted by molar-refractivity contribution is 6.35. The minimum atomic E-state index is -0.160. The molecule has 0 unspecified atom stereocenters. The Morgan fingerprint density at radius 1 is 1.24 bits per heavy atom. The average molecular weight is 495 g/mol. The zero-order valence-electron chi connectivity index (χ0n) is 18.4. The summed E-state index contributed by atoms with van der Waals surface area (Å²) >= 11 is 12.8. The standard InChI is InChI=1S/C22H28Cl2N6O3/c1-32-12-15-6-14(9-25-15)22(31)30-18-7-16(17(23)10-27-18)20-21(24)28-11-19(29-20)26-8-13-2-4-33-5-3-13/h7,10-11,13-15,25H,2-6,8-9,12H2,1H3,(H,26,29)(H,27,30,31)/t14-,15-/m1/s1. The molecular formula is C22H28Cl2N6O3. The van der Waals surface area contributed by atoms with Gasteiger partial charge in [-0.25, -0.2) is 15.0 Å². The SMILES string of the molecule is COC[C@H]1C[C@@H](C(=O)Nc2cc(-c3nc(NCC4CCOCC4)cnc3Cl)c(Cl)cn2)CN1. The van der Waals surface area contributed by atoms with Crippen molar-refractivity contribution >= 4 is 40.7 Å². The van der Waals surface area contributed by atoms with Gasteiger partial charge in [0.25, 0.3) is 0 Å². The molecule has 2 saturated heterocycles. The Morgan fingerprint density at radius 3 is 2.85 bits per heavy atom. The fourth-order valence-electron chi connectivity index (χ4n) is 4.09. The van der Waals surface area contributed by atoms with Crippen LogP contribution in [0.15, 0.2) is 18.5 Å². The number of methoxy groups -OCH3 is 1. The molecule has 0 aromatic carbocycles. The van der Waals surface area contributed by atoms with Crippen molar-refractivity contribution in [3.63, 3.8) is 0 Å². The molecule has 4 rings (SSSR count). The molecule has 0 spiro atoms. The zero-order valence-corrected chi connectivity index (χ0v) is 20.0. The highest BCUT2D eigenvalue weighted by atomic mass is 35.5. The normalized spacial score (nSPS) is 21.2. The fourth-order valence-corrected chi connectivity index (χ4v) is 4.48. The number of pyridine rings is 1. The Balaban J connectivity index is 1.46. The number of hydrogen-bond donors (Lipinski definition) is 3. The van der Waals surface area contributed by atoms with E-state index in [1.54, 1.807) is 19.4 Å². The van der Waals surface area contributed by atoms with E-state index in [4.69, 9.17) is 32.7 Å². The number of hydrogen-bond acceptors (Lipinski definition) is 8. The number of carbonyl (C=O) groups is 1. The smallest absolute Gasteiger partial charge is 0.229 e. The Morgan fingerprint density at radius 2 is 2.06 bits per heavy atom. The molecule has 0 aliphatic carbocycles. The molecule has 2 aliphatic heterocycles. The van der Waals surface area contributed by atoms with Gasteiger partial charge in [-0.15, -0.1) is 0 Å². The number of rotatable bonds is 8. The van der Waals surface area contributed by atoms with Gasteiger partial charge in [0.2, 0.25) is 5.91 Å². The summed E-state index contributed by atoms with van der Waals surface area (Å²) in [6.45, 7) is 3.52. The largest absolute Gasteiger partial charge is 0.383 e. The third kappa shape index (κ3) is 6.30. The molecule has 11 heteroatoms. The number of aromatic nitrogens is 3. The molecule has 2 atom stereocenters. The molecule has 2 fully saturated rings. The number of ether oxygens (including phenoxy) is 2. The summed E-state index contributed by atoms with van der Waals surface area (Å²) < 4.78 is 10.6. The molecule has 0 bridgehead atoms. The first-order valence-corrected chi connectivity index (χ1v) is 11.8. The van der Waals surface area contributed by atoms with E-state index in [-0.39, 0.29) is 23.0 Å². The molecule has 33 heavy (non-hydrogen) atoms. The molecule has 4 heterocycles. The molecule has 9 nitrogen and oxygen atoms in total. The summed E-state index contributed by atoms with van der Waals surface area (Å²) in [5.74, 6) is 1.26. The Labute approximate surface area is 203 Å². The average Bonchev–Trinajstić information content (AvgIpc) is 3.30. The number of halogens is 2. The lowest BCUT2D eigenvalue weighted by Gasteiger charge is -2.22. The number of anilines is 2. The highest BCUT2D eigenvalue weighted by Crippen LogP contribution is 2.33. The molecule has 178 valence electrons. The minimum Gasteiger partial charge on any atom is -0.383 e. The van der Waals surface area contributed by atoms with Gasteiger partial charge in [0.1, 0.15) is 17.3 Å². The third-order valence-electron chi connectivity index (χ3n) is 5.96. The maximum atomic E-state index is 12.7.